The third-order valence-electron chi connectivity index (χ3n) is 2.37. The summed E-state index contributed by atoms with van der Waals surface area (Å²) in [5.41, 5.74) is 5.71. The Kier molecular flexibility index (Phi) is 5.15. The molecule has 5 heteroatoms. The van der Waals surface area contributed by atoms with Crippen molar-refractivity contribution in [1.29, 1.82) is 0 Å². The van der Waals surface area contributed by atoms with Gasteiger partial charge in [0.05, 0.1) is 19.0 Å². The molecule has 0 bridgehead atoms. The standard InChI is InChI=1S/C12H22N4O/c1-4-5-17-11-7-14-6-10(16-11)15-9-12(2,3)8-13/h6-7H,4-5,8-9,13H2,1-3H3,(H,15,16). The lowest BCUT2D eigenvalue weighted by molar-refractivity contribution is 0.304. The average molecular weight is 238 g/mol. The quantitative estimate of drug-likeness (QED) is 0.756. The molecule has 0 aliphatic rings. The Bertz CT molecular complexity index is 341. The molecule has 0 unspecified atom stereocenters. The van der Waals surface area contributed by atoms with Crippen LogP contribution in [-0.2, 0) is 0 Å². The van der Waals surface area contributed by atoms with Crippen molar-refractivity contribution in [3.8, 4) is 5.88 Å². The summed E-state index contributed by atoms with van der Waals surface area (Å²) in [6, 6.07) is 0. The molecule has 1 rings (SSSR count). The van der Waals surface area contributed by atoms with Gasteiger partial charge in [-0.2, -0.15) is 4.98 Å². The van der Waals surface area contributed by atoms with Crippen LogP contribution in [0.25, 0.3) is 0 Å². The number of anilines is 1. The summed E-state index contributed by atoms with van der Waals surface area (Å²) in [7, 11) is 0. The molecule has 0 amide bonds. The number of nitrogens with zero attached hydrogens (tertiary/aromatic N) is 2. The van der Waals surface area contributed by atoms with Crippen molar-refractivity contribution < 1.29 is 4.74 Å². The van der Waals surface area contributed by atoms with Crippen molar-refractivity contribution in [2.45, 2.75) is 27.2 Å². The Morgan fingerprint density at radius 1 is 1.41 bits per heavy atom. The lowest BCUT2D eigenvalue weighted by atomic mass is 9.94. The van der Waals surface area contributed by atoms with Crippen LogP contribution in [0.1, 0.15) is 27.2 Å². The summed E-state index contributed by atoms with van der Waals surface area (Å²) in [5.74, 6) is 1.28. The van der Waals surface area contributed by atoms with E-state index in [0.29, 0.717) is 19.0 Å². The molecule has 0 saturated carbocycles. The zero-order valence-corrected chi connectivity index (χ0v) is 10.9. The number of aromatic nitrogens is 2. The highest BCUT2D eigenvalue weighted by Gasteiger charge is 2.15. The zero-order chi connectivity index (χ0) is 12.7. The van der Waals surface area contributed by atoms with E-state index in [0.717, 1.165) is 18.8 Å². The molecule has 1 heterocycles. The summed E-state index contributed by atoms with van der Waals surface area (Å²) >= 11 is 0. The third-order valence-corrected chi connectivity index (χ3v) is 2.37. The predicted octanol–water partition coefficient (Wildman–Crippen LogP) is 1.66. The number of nitrogens with one attached hydrogen (secondary N) is 1. The molecule has 0 fully saturated rings. The maximum absolute atomic E-state index is 5.67. The molecule has 0 aromatic carbocycles. The number of ether oxygens (including phenoxy) is 1. The second-order valence-corrected chi connectivity index (χ2v) is 4.81. The minimum Gasteiger partial charge on any atom is -0.477 e. The minimum atomic E-state index is 0.0436. The van der Waals surface area contributed by atoms with Gasteiger partial charge in [0, 0.05) is 6.54 Å². The van der Waals surface area contributed by atoms with Gasteiger partial charge in [-0.3, -0.25) is 4.98 Å². The average Bonchev–Trinajstić information content (AvgIpc) is 2.35. The molecule has 0 radical (unpaired) electrons. The van der Waals surface area contributed by atoms with Crippen LogP contribution in [0.15, 0.2) is 12.4 Å². The van der Waals surface area contributed by atoms with Crippen LogP contribution in [-0.4, -0.2) is 29.7 Å². The first-order valence-corrected chi connectivity index (χ1v) is 5.96. The van der Waals surface area contributed by atoms with E-state index in [1.54, 1.807) is 12.4 Å². The Labute approximate surface area is 103 Å². The van der Waals surface area contributed by atoms with Crippen molar-refractivity contribution >= 4 is 5.82 Å². The van der Waals surface area contributed by atoms with Crippen molar-refractivity contribution in [1.82, 2.24) is 9.97 Å². The lowest BCUT2D eigenvalue weighted by Crippen LogP contribution is -2.31. The van der Waals surface area contributed by atoms with Gasteiger partial charge in [-0.05, 0) is 18.4 Å². The van der Waals surface area contributed by atoms with Crippen LogP contribution in [0.2, 0.25) is 0 Å². The summed E-state index contributed by atoms with van der Waals surface area (Å²) < 4.78 is 5.42. The SMILES string of the molecule is CCCOc1cncc(NCC(C)(C)CN)n1. The smallest absolute Gasteiger partial charge is 0.234 e. The highest BCUT2D eigenvalue weighted by atomic mass is 16.5. The highest BCUT2D eigenvalue weighted by molar-refractivity contribution is 5.33. The molecule has 0 aliphatic carbocycles. The molecular formula is C12H22N4O. The number of hydrogen-bond donors (Lipinski definition) is 2. The summed E-state index contributed by atoms with van der Waals surface area (Å²) in [4.78, 5) is 8.39. The second kappa shape index (κ2) is 6.39. The molecule has 5 nitrogen and oxygen atoms in total. The summed E-state index contributed by atoms with van der Waals surface area (Å²) in [6.45, 7) is 8.30. The van der Waals surface area contributed by atoms with Gasteiger partial charge < -0.3 is 15.8 Å². The van der Waals surface area contributed by atoms with E-state index in [1.165, 1.54) is 0 Å². The first-order chi connectivity index (χ1) is 8.07. The molecule has 3 N–H and O–H groups in total. The first-order valence-electron chi connectivity index (χ1n) is 5.96. The van der Waals surface area contributed by atoms with Gasteiger partial charge in [-0.15, -0.1) is 0 Å². The van der Waals surface area contributed by atoms with Crippen LogP contribution < -0.4 is 15.8 Å². The van der Waals surface area contributed by atoms with E-state index >= 15 is 0 Å². The normalized spacial score (nSPS) is 11.3. The molecule has 0 spiro atoms. The second-order valence-electron chi connectivity index (χ2n) is 4.81. The van der Waals surface area contributed by atoms with Gasteiger partial charge in [0.2, 0.25) is 5.88 Å². The van der Waals surface area contributed by atoms with E-state index in [-0.39, 0.29) is 5.41 Å². The van der Waals surface area contributed by atoms with E-state index in [9.17, 15) is 0 Å². The van der Waals surface area contributed by atoms with Gasteiger partial charge in [-0.1, -0.05) is 20.8 Å². The number of nitrogens with two attached hydrogens (primary N) is 1. The minimum absolute atomic E-state index is 0.0436. The fraction of sp³-hybridized carbons (Fsp3) is 0.667. The Morgan fingerprint density at radius 2 is 2.18 bits per heavy atom. The van der Waals surface area contributed by atoms with Gasteiger partial charge in [0.15, 0.2) is 0 Å². The van der Waals surface area contributed by atoms with Crippen LogP contribution in [0, 0.1) is 5.41 Å². The number of hydrogen-bond acceptors (Lipinski definition) is 5. The fourth-order valence-corrected chi connectivity index (χ4v) is 1.11. The van der Waals surface area contributed by atoms with Gasteiger partial charge in [0.1, 0.15) is 5.82 Å². The summed E-state index contributed by atoms with van der Waals surface area (Å²) in [5, 5.41) is 3.22. The van der Waals surface area contributed by atoms with Gasteiger partial charge >= 0.3 is 0 Å². The lowest BCUT2D eigenvalue weighted by Gasteiger charge is -2.22. The molecule has 0 aliphatic heterocycles. The van der Waals surface area contributed by atoms with E-state index in [1.807, 2.05) is 0 Å². The number of rotatable bonds is 7. The molecule has 17 heavy (non-hydrogen) atoms. The Morgan fingerprint density at radius 3 is 2.82 bits per heavy atom. The topological polar surface area (TPSA) is 73.1 Å². The van der Waals surface area contributed by atoms with E-state index < -0.39 is 0 Å². The molecular weight excluding hydrogens is 216 g/mol. The maximum atomic E-state index is 5.67. The zero-order valence-electron chi connectivity index (χ0n) is 10.9. The van der Waals surface area contributed by atoms with Crippen LogP contribution >= 0.6 is 0 Å². The van der Waals surface area contributed by atoms with Crippen LogP contribution in [0.4, 0.5) is 5.82 Å². The van der Waals surface area contributed by atoms with Crippen molar-refractivity contribution in [2.24, 2.45) is 11.1 Å². The molecule has 1 aromatic rings. The van der Waals surface area contributed by atoms with E-state index in [2.05, 4.69) is 36.1 Å². The maximum Gasteiger partial charge on any atom is 0.234 e. The van der Waals surface area contributed by atoms with Crippen molar-refractivity contribution in [2.75, 3.05) is 25.0 Å². The molecule has 1 aromatic heterocycles. The highest BCUT2D eigenvalue weighted by Crippen LogP contribution is 2.15. The van der Waals surface area contributed by atoms with E-state index in [4.69, 9.17) is 10.5 Å². The fourth-order valence-electron chi connectivity index (χ4n) is 1.11. The largest absolute Gasteiger partial charge is 0.477 e. The Balaban J connectivity index is 2.53. The summed E-state index contributed by atoms with van der Waals surface area (Å²) in [6.07, 6.45) is 4.26. The van der Waals surface area contributed by atoms with Crippen molar-refractivity contribution in [3.63, 3.8) is 0 Å². The third kappa shape index (κ3) is 4.99. The molecule has 0 atom stereocenters. The monoisotopic (exact) mass is 238 g/mol. The Hall–Kier alpha value is -1.36. The van der Waals surface area contributed by atoms with Gasteiger partial charge in [-0.25, -0.2) is 0 Å². The molecule has 96 valence electrons. The van der Waals surface area contributed by atoms with Crippen molar-refractivity contribution in [3.05, 3.63) is 12.4 Å². The predicted molar refractivity (Wildman–Crippen MR) is 69.1 cm³/mol. The molecule has 0 saturated heterocycles. The van der Waals surface area contributed by atoms with Crippen LogP contribution in [0.3, 0.4) is 0 Å². The van der Waals surface area contributed by atoms with Crippen LogP contribution in [0.5, 0.6) is 5.88 Å². The first kappa shape index (κ1) is 13.7. The van der Waals surface area contributed by atoms with Gasteiger partial charge in [0.25, 0.3) is 0 Å².